The first-order valence-electron chi connectivity index (χ1n) is 9.20. The van der Waals surface area contributed by atoms with Gasteiger partial charge in [0.2, 0.25) is 0 Å². The molecule has 0 saturated heterocycles. The van der Waals surface area contributed by atoms with Crippen LogP contribution in [0.15, 0.2) is 48.5 Å². The van der Waals surface area contributed by atoms with E-state index < -0.39 is 0 Å². The van der Waals surface area contributed by atoms with Gasteiger partial charge in [0.25, 0.3) is 0 Å². The summed E-state index contributed by atoms with van der Waals surface area (Å²) in [6.07, 6.45) is 0. The van der Waals surface area contributed by atoms with E-state index in [0.717, 1.165) is 0 Å². The maximum atomic E-state index is 8.93. The molecule has 0 radical (unpaired) electrons. The van der Waals surface area contributed by atoms with Crippen molar-refractivity contribution in [2.75, 3.05) is 26.4 Å². The van der Waals surface area contributed by atoms with Crippen LogP contribution in [-0.4, -0.2) is 59.0 Å². The molecule has 0 unspecified atom stereocenters. The van der Waals surface area contributed by atoms with E-state index in [0.29, 0.717) is 0 Å². The van der Waals surface area contributed by atoms with Crippen LogP contribution in [0.25, 0.3) is 0 Å². The molecule has 4 nitrogen and oxygen atoms in total. The van der Waals surface area contributed by atoms with E-state index in [9.17, 15) is 0 Å². The van der Waals surface area contributed by atoms with Crippen molar-refractivity contribution in [1.82, 2.24) is 0 Å². The monoisotopic (exact) mass is 416 g/mol. The minimum absolute atomic E-state index is 0. The van der Waals surface area contributed by atoms with E-state index in [4.69, 9.17) is 20.4 Å². The molecule has 152 valence electrons. The maximum absolute atomic E-state index is 8.93. The van der Waals surface area contributed by atoms with E-state index in [1.807, 2.05) is 0 Å². The van der Waals surface area contributed by atoms with Crippen molar-refractivity contribution in [1.29, 1.82) is 0 Å². The fourth-order valence-electron chi connectivity index (χ4n) is 1.13. The third kappa shape index (κ3) is 40.1. The van der Waals surface area contributed by atoms with Crippen LogP contribution in [0.2, 0.25) is 0 Å². The summed E-state index contributed by atoms with van der Waals surface area (Å²) in [5, 5.41) is 35.7. The van der Waals surface area contributed by atoms with Crippen LogP contribution >= 0.6 is 0 Å². The summed E-state index contributed by atoms with van der Waals surface area (Å²) in [4.78, 5) is 0. The van der Waals surface area contributed by atoms with E-state index in [1.165, 1.54) is 20.0 Å². The fourth-order valence-corrected chi connectivity index (χ4v) is 1.52. The van der Waals surface area contributed by atoms with Crippen LogP contribution in [0.5, 0.6) is 0 Å². The van der Waals surface area contributed by atoms with Gasteiger partial charge in [-0.2, -0.15) is 0 Å². The third-order valence-electron chi connectivity index (χ3n) is 2.15. The standard InChI is InChI=1S/2C7H7.4C2H5O.2Al/c2*1-7-5-3-2-4-6-7;4*1-2-3;;/h2*3-6H,1H3;4*2H2,1H3;;/q;;4*-1;2*+2. The van der Waals surface area contributed by atoms with Crippen molar-refractivity contribution in [2.45, 2.75) is 41.5 Å². The third-order valence-corrected chi connectivity index (χ3v) is 2.92. The molecule has 28 heavy (non-hydrogen) atoms. The molecular weight excluding hydrogens is 382 g/mol. The molecule has 2 rings (SSSR count). The predicted molar refractivity (Wildman–Crippen MR) is 115 cm³/mol. The normalized spacial score (nSPS) is 7.93. The first-order valence-corrected chi connectivity index (χ1v) is 10.4. The van der Waals surface area contributed by atoms with Crippen molar-refractivity contribution in [3.05, 3.63) is 59.7 Å². The van der Waals surface area contributed by atoms with Gasteiger partial charge in [0, 0.05) is 0 Å². The summed E-state index contributed by atoms with van der Waals surface area (Å²) in [7, 11) is 0. The Labute approximate surface area is 189 Å². The predicted octanol–water partition coefficient (Wildman–Crippen LogP) is -0.956. The molecule has 0 bridgehead atoms. The number of hydrogen-bond acceptors (Lipinski definition) is 4. The minimum atomic E-state index is 0. The average Bonchev–Trinajstić information content (AvgIpc) is 2.63. The molecule has 6 heteroatoms. The van der Waals surface area contributed by atoms with E-state index in [-0.39, 0.29) is 26.4 Å². The van der Waals surface area contributed by atoms with E-state index in [1.54, 1.807) is 27.7 Å². The topological polar surface area (TPSA) is 92.2 Å². The first kappa shape index (κ1) is 34.8. The molecule has 0 spiro atoms. The van der Waals surface area contributed by atoms with Crippen LogP contribution in [0.3, 0.4) is 0 Å². The Morgan fingerprint density at radius 1 is 0.500 bits per heavy atom. The van der Waals surface area contributed by atoms with Gasteiger partial charge in [-0.05, 0) is 0 Å². The molecule has 0 fully saturated rings. The average molecular weight is 416 g/mol. The summed E-state index contributed by atoms with van der Waals surface area (Å²) in [5.41, 5.74) is 2.63. The van der Waals surface area contributed by atoms with Crippen LogP contribution in [-0.2, 0) is 0 Å². The Balaban J connectivity index is -0.000000134. The number of rotatable bonds is 0. The van der Waals surface area contributed by atoms with Crippen molar-refractivity contribution in [3.63, 3.8) is 0 Å². The second kappa shape index (κ2) is 31.1. The molecule has 0 saturated carbocycles. The summed E-state index contributed by atoms with van der Waals surface area (Å²) in [6.45, 7) is 10.5. The summed E-state index contributed by atoms with van der Waals surface area (Å²) in [6, 6.07) is 16.7. The Hall–Kier alpha value is -0.655. The second-order valence-corrected chi connectivity index (χ2v) is 6.31. The van der Waals surface area contributed by atoms with Crippen molar-refractivity contribution in [2.24, 2.45) is 0 Å². The molecule has 2 aromatic rings. The van der Waals surface area contributed by atoms with Gasteiger partial charge < -0.3 is 20.4 Å². The zero-order valence-corrected chi connectivity index (χ0v) is 20.5. The zero-order valence-electron chi connectivity index (χ0n) is 18.2. The van der Waals surface area contributed by atoms with Gasteiger partial charge >= 0.3 is 115 Å². The summed E-state index contributed by atoms with van der Waals surface area (Å²) >= 11 is 5.30. The van der Waals surface area contributed by atoms with Gasteiger partial charge in [0.05, 0.1) is 0 Å². The quantitative estimate of drug-likeness (QED) is 0.518. The number of hydrogen-bond donors (Lipinski definition) is 0. The Morgan fingerprint density at radius 3 is 0.750 bits per heavy atom. The van der Waals surface area contributed by atoms with Crippen molar-refractivity contribution >= 4 is 41.4 Å². The molecular formula is C22H34Al2O4. The zero-order chi connectivity index (χ0) is 22.8. The Kier molecular flexibility index (Phi) is 38.6. The summed E-state index contributed by atoms with van der Waals surface area (Å²) in [5.74, 6) is 0. The van der Waals surface area contributed by atoms with Gasteiger partial charge in [-0.15, -0.1) is 26.4 Å². The van der Waals surface area contributed by atoms with Gasteiger partial charge in [-0.1, -0.05) is 27.7 Å². The number of benzene rings is 2. The molecule has 0 heterocycles. The number of aryl methyl sites for hydroxylation is 2. The first-order chi connectivity index (χ1) is 13.2. The SMILES string of the molecule is CC[O-].CC[O-].CC[O-].CC[O-].Cc1cc[c]([Al+2])cc1.Cc1cc[c]([Al+2])cc1. The van der Waals surface area contributed by atoms with E-state index >= 15 is 0 Å². The van der Waals surface area contributed by atoms with Crippen LogP contribution in [0, 0.1) is 13.8 Å². The van der Waals surface area contributed by atoms with Crippen LogP contribution in [0.4, 0.5) is 0 Å². The molecule has 0 atom stereocenters. The van der Waals surface area contributed by atoms with Crippen molar-refractivity contribution in [3.8, 4) is 0 Å². The Morgan fingerprint density at radius 2 is 0.643 bits per heavy atom. The summed E-state index contributed by atoms with van der Waals surface area (Å²) < 4.78 is 2.49. The van der Waals surface area contributed by atoms with Gasteiger partial charge in [0.15, 0.2) is 0 Å². The van der Waals surface area contributed by atoms with Gasteiger partial charge in [-0.3, -0.25) is 0 Å². The fraction of sp³-hybridized carbons (Fsp3) is 0.455. The van der Waals surface area contributed by atoms with Gasteiger partial charge in [-0.25, -0.2) is 0 Å². The molecule has 0 aromatic heterocycles. The molecule has 0 N–H and O–H groups in total. The molecule has 2 aromatic carbocycles. The van der Waals surface area contributed by atoms with Crippen LogP contribution < -0.4 is 29.3 Å². The van der Waals surface area contributed by atoms with Crippen molar-refractivity contribution < 1.29 is 20.4 Å². The molecule has 0 aliphatic carbocycles. The molecule has 0 amide bonds. The Bertz CT molecular complexity index is 395. The molecule has 0 aliphatic rings. The van der Waals surface area contributed by atoms with E-state index in [2.05, 4.69) is 95.0 Å². The second-order valence-electron chi connectivity index (χ2n) is 4.98. The van der Waals surface area contributed by atoms with Crippen LogP contribution in [0.1, 0.15) is 38.8 Å². The van der Waals surface area contributed by atoms with Gasteiger partial charge in [0.1, 0.15) is 0 Å². The molecule has 0 aliphatic heterocycles.